The number of carbonyl (C=O) groups is 3. The normalized spacial score (nSPS) is 11.8. The van der Waals surface area contributed by atoms with Gasteiger partial charge in [-0.2, -0.15) is 0 Å². The Hall–Kier alpha value is -1.12. The van der Waals surface area contributed by atoms with Gasteiger partial charge >= 0.3 is 5.97 Å². The first kappa shape index (κ1) is 35.9. The van der Waals surface area contributed by atoms with E-state index < -0.39 is 6.04 Å². The molecule has 0 spiro atoms. The number of carbonyl (C=O) groups excluding carboxylic acids is 3. The summed E-state index contributed by atoms with van der Waals surface area (Å²) >= 11 is 1.07. The van der Waals surface area contributed by atoms with Gasteiger partial charge in [0.05, 0.1) is 32.8 Å². The summed E-state index contributed by atoms with van der Waals surface area (Å²) in [6.45, 7) is 4.09. The smallest absolute Gasteiger partial charge is 0.307 e. The molecule has 0 heterocycles. The molecule has 0 aromatic heterocycles. The van der Waals surface area contributed by atoms with Crippen LogP contribution in [0.15, 0.2) is 0 Å². The molecule has 1 amide bonds. The van der Waals surface area contributed by atoms with Crippen LogP contribution < -0.4 is 5.32 Å². The molecule has 8 heteroatoms. The number of hydrogen-bond donors (Lipinski definition) is 1. The van der Waals surface area contributed by atoms with Gasteiger partial charge in [0.1, 0.15) is 6.29 Å². The SMILES string of the molecule is CCCCCCCCCCCCCCCCCCOC(=O)CC(CC=O)NC(=O)SCCOCCOC. The fourth-order valence-electron chi connectivity index (χ4n) is 4.05. The van der Waals surface area contributed by atoms with Gasteiger partial charge in [-0.05, 0) is 6.42 Å². The summed E-state index contributed by atoms with van der Waals surface area (Å²) < 4.78 is 15.5. The fraction of sp³-hybridized carbons (Fsp3) is 0.897. The third-order valence-electron chi connectivity index (χ3n) is 6.27. The van der Waals surface area contributed by atoms with Crippen molar-refractivity contribution < 1.29 is 28.6 Å². The Labute approximate surface area is 230 Å². The quantitative estimate of drug-likeness (QED) is 0.0629. The number of esters is 1. The van der Waals surface area contributed by atoms with Crippen molar-refractivity contribution in [1.29, 1.82) is 0 Å². The Balaban J connectivity index is 3.59. The molecule has 0 rings (SSSR count). The highest BCUT2D eigenvalue weighted by Crippen LogP contribution is 2.14. The van der Waals surface area contributed by atoms with Crippen LogP contribution in [-0.4, -0.2) is 62.8 Å². The molecule has 0 aliphatic rings. The van der Waals surface area contributed by atoms with Crippen LogP contribution in [-0.2, 0) is 23.8 Å². The molecule has 1 atom stereocenters. The second kappa shape index (κ2) is 29.4. The highest BCUT2D eigenvalue weighted by Gasteiger charge is 2.17. The number of methoxy groups -OCH3 is 1. The Bertz CT molecular complexity index is 535. The highest BCUT2D eigenvalue weighted by atomic mass is 32.2. The number of rotatable bonds is 28. The Kier molecular flexibility index (Phi) is 28.5. The van der Waals surface area contributed by atoms with Crippen LogP contribution in [0.2, 0.25) is 0 Å². The van der Waals surface area contributed by atoms with E-state index in [1.54, 1.807) is 7.11 Å². The van der Waals surface area contributed by atoms with Gasteiger partial charge < -0.3 is 24.3 Å². The fourth-order valence-corrected chi connectivity index (χ4v) is 4.69. The molecule has 0 saturated carbocycles. The van der Waals surface area contributed by atoms with E-state index in [1.165, 1.54) is 89.9 Å². The molecule has 0 aromatic carbocycles. The lowest BCUT2D eigenvalue weighted by Gasteiger charge is -2.15. The average molecular weight is 546 g/mol. The number of unbranched alkanes of at least 4 members (excludes halogenated alkanes) is 15. The molecule has 1 unspecified atom stereocenters. The molecule has 0 aromatic rings. The first-order valence-electron chi connectivity index (χ1n) is 14.7. The van der Waals surface area contributed by atoms with E-state index in [2.05, 4.69) is 12.2 Å². The van der Waals surface area contributed by atoms with E-state index in [1.807, 2.05) is 0 Å². The van der Waals surface area contributed by atoms with Crippen molar-refractivity contribution in [3.63, 3.8) is 0 Å². The van der Waals surface area contributed by atoms with Crippen molar-refractivity contribution in [2.24, 2.45) is 0 Å². The van der Waals surface area contributed by atoms with Gasteiger partial charge in [0.2, 0.25) is 0 Å². The zero-order chi connectivity index (χ0) is 27.2. The van der Waals surface area contributed by atoms with E-state index in [0.717, 1.165) is 24.6 Å². The standard InChI is InChI=1S/C29H55NO6S/c1-3-4-5-6-7-8-9-10-11-12-13-14-15-16-17-18-21-36-28(32)26-27(19-20-31)30-29(33)37-25-24-35-23-22-34-2/h20,27H,3-19,21-26H2,1-2H3,(H,30,33). The van der Waals surface area contributed by atoms with E-state index in [0.29, 0.717) is 38.5 Å². The minimum atomic E-state index is -0.537. The second-order valence-corrected chi connectivity index (χ2v) is 10.8. The molecule has 0 saturated heterocycles. The van der Waals surface area contributed by atoms with Crippen molar-refractivity contribution in [1.82, 2.24) is 5.32 Å². The van der Waals surface area contributed by atoms with Crippen molar-refractivity contribution >= 4 is 29.3 Å². The Morgan fingerprint density at radius 3 is 1.81 bits per heavy atom. The number of amides is 1. The minimum Gasteiger partial charge on any atom is -0.466 e. The van der Waals surface area contributed by atoms with Gasteiger partial charge in [-0.15, -0.1) is 0 Å². The number of thioether (sulfide) groups is 1. The maximum absolute atomic E-state index is 12.1. The molecule has 0 radical (unpaired) electrons. The van der Waals surface area contributed by atoms with E-state index in [-0.39, 0.29) is 24.1 Å². The maximum atomic E-state index is 12.1. The van der Waals surface area contributed by atoms with Crippen molar-refractivity contribution in [2.75, 3.05) is 39.3 Å². The van der Waals surface area contributed by atoms with Gasteiger partial charge in [-0.3, -0.25) is 9.59 Å². The third-order valence-corrected chi connectivity index (χ3v) is 7.02. The largest absolute Gasteiger partial charge is 0.466 e. The molecule has 7 nitrogen and oxygen atoms in total. The molecule has 0 aliphatic carbocycles. The number of hydrogen-bond acceptors (Lipinski definition) is 7. The van der Waals surface area contributed by atoms with Crippen LogP contribution in [0.3, 0.4) is 0 Å². The molecular formula is C29H55NO6S. The summed E-state index contributed by atoms with van der Waals surface area (Å²) in [6, 6.07) is -0.537. The van der Waals surface area contributed by atoms with Crippen molar-refractivity contribution in [3.05, 3.63) is 0 Å². The van der Waals surface area contributed by atoms with Crippen LogP contribution in [0.25, 0.3) is 0 Å². The van der Waals surface area contributed by atoms with Gasteiger partial charge in [0.15, 0.2) is 0 Å². The van der Waals surface area contributed by atoms with E-state index in [9.17, 15) is 14.4 Å². The van der Waals surface area contributed by atoms with E-state index >= 15 is 0 Å². The molecule has 0 aliphatic heterocycles. The maximum Gasteiger partial charge on any atom is 0.307 e. The summed E-state index contributed by atoms with van der Waals surface area (Å²) in [7, 11) is 1.60. The van der Waals surface area contributed by atoms with Gasteiger partial charge in [-0.1, -0.05) is 115 Å². The van der Waals surface area contributed by atoms with Gasteiger partial charge in [0, 0.05) is 25.3 Å². The Morgan fingerprint density at radius 2 is 1.30 bits per heavy atom. The zero-order valence-corrected chi connectivity index (χ0v) is 24.6. The molecule has 0 bridgehead atoms. The lowest BCUT2D eigenvalue weighted by Crippen LogP contribution is -2.35. The van der Waals surface area contributed by atoms with Gasteiger partial charge in [-0.25, -0.2) is 0 Å². The molecule has 218 valence electrons. The summed E-state index contributed by atoms with van der Waals surface area (Å²) in [5.74, 6) is 0.119. The minimum absolute atomic E-state index is 0.00817. The second-order valence-electron chi connectivity index (χ2n) is 9.71. The van der Waals surface area contributed by atoms with Crippen molar-refractivity contribution in [3.8, 4) is 0 Å². The topological polar surface area (TPSA) is 90.9 Å². The summed E-state index contributed by atoms with van der Waals surface area (Å²) in [6.07, 6.45) is 21.6. The number of aldehydes is 1. The summed E-state index contributed by atoms with van der Waals surface area (Å²) in [4.78, 5) is 35.1. The Morgan fingerprint density at radius 1 is 0.757 bits per heavy atom. The third kappa shape index (κ3) is 27.7. The lowest BCUT2D eigenvalue weighted by molar-refractivity contribution is -0.144. The molecule has 1 N–H and O–H groups in total. The predicted octanol–water partition coefficient (Wildman–Crippen LogP) is 7.24. The highest BCUT2D eigenvalue weighted by molar-refractivity contribution is 8.13. The summed E-state index contributed by atoms with van der Waals surface area (Å²) in [5, 5.41) is 2.45. The average Bonchev–Trinajstić information content (AvgIpc) is 2.88. The monoisotopic (exact) mass is 545 g/mol. The van der Waals surface area contributed by atoms with Gasteiger partial charge in [0.25, 0.3) is 5.24 Å². The molecular weight excluding hydrogens is 490 g/mol. The predicted molar refractivity (Wildman–Crippen MR) is 153 cm³/mol. The summed E-state index contributed by atoms with van der Waals surface area (Å²) in [5.41, 5.74) is 0. The van der Waals surface area contributed by atoms with Crippen LogP contribution in [0.5, 0.6) is 0 Å². The van der Waals surface area contributed by atoms with Crippen LogP contribution in [0.1, 0.15) is 122 Å². The van der Waals surface area contributed by atoms with Crippen LogP contribution in [0.4, 0.5) is 4.79 Å². The van der Waals surface area contributed by atoms with Crippen molar-refractivity contribution in [2.45, 2.75) is 129 Å². The molecule has 37 heavy (non-hydrogen) atoms. The first-order valence-corrected chi connectivity index (χ1v) is 15.7. The lowest BCUT2D eigenvalue weighted by atomic mass is 10.0. The molecule has 0 fully saturated rings. The van der Waals surface area contributed by atoms with Crippen LogP contribution >= 0.6 is 11.8 Å². The number of nitrogens with one attached hydrogen (secondary N) is 1. The van der Waals surface area contributed by atoms with Crippen LogP contribution in [0, 0.1) is 0 Å². The first-order chi connectivity index (χ1) is 18.1. The zero-order valence-electron chi connectivity index (χ0n) is 23.8. The van der Waals surface area contributed by atoms with E-state index in [4.69, 9.17) is 14.2 Å². The number of ether oxygens (including phenoxy) is 3.